The Hall–Kier alpha value is 0.759. The molecular formula is C27H54OSn. The summed E-state index contributed by atoms with van der Waals surface area (Å²) >= 11 is -2.26. The van der Waals surface area contributed by atoms with Gasteiger partial charge in [-0.15, -0.1) is 0 Å². The van der Waals surface area contributed by atoms with Gasteiger partial charge in [-0.05, 0) is 0 Å². The number of ether oxygens (including phenoxy) is 1. The minimum atomic E-state index is -2.26. The molecule has 0 aromatic carbocycles. The Morgan fingerprint density at radius 2 is 1.31 bits per heavy atom. The van der Waals surface area contributed by atoms with Gasteiger partial charge in [-0.25, -0.2) is 0 Å². The van der Waals surface area contributed by atoms with E-state index in [0.717, 1.165) is 15.3 Å². The van der Waals surface area contributed by atoms with Gasteiger partial charge >= 0.3 is 189 Å². The number of rotatable bonds is 16. The van der Waals surface area contributed by atoms with Crippen LogP contribution in [0.5, 0.6) is 0 Å². The second-order valence-electron chi connectivity index (χ2n) is 10.8. The van der Waals surface area contributed by atoms with Crippen molar-refractivity contribution >= 4 is 18.4 Å². The molecule has 2 fully saturated rings. The average Bonchev–Trinajstić information content (AvgIpc) is 3.49. The van der Waals surface area contributed by atoms with Crippen LogP contribution in [0.1, 0.15) is 124 Å². The van der Waals surface area contributed by atoms with E-state index in [4.69, 9.17) is 4.74 Å². The molecule has 0 saturated heterocycles. The van der Waals surface area contributed by atoms with E-state index in [2.05, 4.69) is 34.8 Å². The molecular weight excluding hydrogens is 459 g/mol. The molecule has 29 heavy (non-hydrogen) atoms. The van der Waals surface area contributed by atoms with Crippen LogP contribution in [0, 0.1) is 11.8 Å². The summed E-state index contributed by atoms with van der Waals surface area (Å²) in [5, 5.41) is 0. The predicted octanol–water partition coefficient (Wildman–Crippen LogP) is 9.38. The number of unbranched alkanes of at least 4 members (excludes halogenated alkanes) is 4. The Labute approximate surface area is 188 Å². The van der Waals surface area contributed by atoms with E-state index in [1.54, 1.807) is 26.2 Å². The first-order chi connectivity index (χ1) is 14.1. The van der Waals surface area contributed by atoms with Crippen LogP contribution in [0.25, 0.3) is 0 Å². The quantitative estimate of drug-likeness (QED) is 0.187. The van der Waals surface area contributed by atoms with E-state index in [1.165, 1.54) is 83.5 Å². The molecule has 2 rings (SSSR count). The van der Waals surface area contributed by atoms with Crippen molar-refractivity contribution in [1.29, 1.82) is 0 Å². The molecule has 0 aromatic heterocycles. The molecule has 0 aromatic rings. The molecule has 3 atom stereocenters. The fourth-order valence-electron chi connectivity index (χ4n) is 7.23. The van der Waals surface area contributed by atoms with Crippen molar-refractivity contribution in [2.45, 2.75) is 147 Å². The molecule has 2 aliphatic rings. The zero-order valence-corrected chi connectivity index (χ0v) is 23.7. The molecule has 0 amide bonds. The van der Waals surface area contributed by atoms with Gasteiger partial charge in [0.2, 0.25) is 0 Å². The zero-order chi connectivity index (χ0) is 21.2. The number of hydrogen-bond donors (Lipinski definition) is 0. The second kappa shape index (κ2) is 13.3. The van der Waals surface area contributed by atoms with Gasteiger partial charge in [0.15, 0.2) is 0 Å². The van der Waals surface area contributed by atoms with E-state index >= 15 is 0 Å². The Bertz CT molecular complexity index is 408. The molecule has 0 bridgehead atoms. The molecule has 2 heteroatoms. The van der Waals surface area contributed by atoms with Crippen LogP contribution in [0.2, 0.25) is 16.7 Å². The van der Waals surface area contributed by atoms with Crippen LogP contribution in [-0.2, 0) is 4.74 Å². The molecule has 0 unspecified atom stereocenters. The molecule has 0 N–H and O–H groups in total. The summed E-state index contributed by atoms with van der Waals surface area (Å²) in [6.45, 7) is 9.71. The molecule has 1 nitrogen and oxygen atoms in total. The molecule has 172 valence electrons. The van der Waals surface area contributed by atoms with Gasteiger partial charge in [0.25, 0.3) is 0 Å². The van der Waals surface area contributed by atoms with Crippen LogP contribution in [0.4, 0.5) is 0 Å². The van der Waals surface area contributed by atoms with Crippen molar-refractivity contribution in [2.24, 2.45) is 11.8 Å². The first-order valence-electron chi connectivity index (χ1n) is 13.7. The maximum atomic E-state index is 6.39. The predicted molar refractivity (Wildman–Crippen MR) is 133 cm³/mol. The summed E-state index contributed by atoms with van der Waals surface area (Å²) in [6.07, 6.45) is 22.6. The Balaban J connectivity index is 2.32. The van der Waals surface area contributed by atoms with Crippen molar-refractivity contribution < 1.29 is 4.74 Å². The number of methoxy groups -OCH3 is 1. The zero-order valence-electron chi connectivity index (χ0n) is 20.9. The summed E-state index contributed by atoms with van der Waals surface area (Å²) < 4.78 is 12.2. The molecule has 2 aliphatic carbocycles. The second-order valence-corrected chi connectivity index (χ2v) is 25.2. The number of hydrogen-bond acceptors (Lipinski definition) is 1. The molecule has 0 heterocycles. The van der Waals surface area contributed by atoms with Gasteiger partial charge in [-0.3, -0.25) is 0 Å². The van der Waals surface area contributed by atoms with Crippen molar-refractivity contribution in [3.63, 3.8) is 0 Å². The van der Waals surface area contributed by atoms with Crippen molar-refractivity contribution in [1.82, 2.24) is 0 Å². The van der Waals surface area contributed by atoms with Gasteiger partial charge < -0.3 is 0 Å². The fraction of sp³-hybridized carbons (Fsp3) is 1.00. The Kier molecular flexibility index (Phi) is 12.0. The molecule has 2 saturated carbocycles. The van der Waals surface area contributed by atoms with Crippen molar-refractivity contribution in [2.75, 3.05) is 7.11 Å². The summed E-state index contributed by atoms with van der Waals surface area (Å²) in [7, 11) is 2.06. The van der Waals surface area contributed by atoms with Crippen LogP contribution >= 0.6 is 0 Å². The third-order valence-electron chi connectivity index (χ3n) is 8.98. The summed E-state index contributed by atoms with van der Waals surface area (Å²) in [5.74, 6) is 1.80. The third kappa shape index (κ3) is 6.39. The van der Waals surface area contributed by atoms with E-state index < -0.39 is 18.4 Å². The van der Waals surface area contributed by atoms with Crippen LogP contribution in [0.15, 0.2) is 0 Å². The van der Waals surface area contributed by atoms with Crippen molar-refractivity contribution in [3.8, 4) is 0 Å². The van der Waals surface area contributed by atoms with E-state index in [-0.39, 0.29) is 0 Å². The fourth-order valence-corrected chi connectivity index (χ4v) is 29.1. The van der Waals surface area contributed by atoms with Crippen LogP contribution in [0.3, 0.4) is 0 Å². The Morgan fingerprint density at radius 1 is 0.793 bits per heavy atom. The van der Waals surface area contributed by atoms with Crippen LogP contribution in [-0.4, -0.2) is 31.6 Å². The molecule has 0 radical (unpaired) electrons. The molecule has 0 aliphatic heterocycles. The summed E-state index contributed by atoms with van der Waals surface area (Å²) in [4.78, 5) is 0. The topological polar surface area (TPSA) is 9.23 Å². The van der Waals surface area contributed by atoms with Gasteiger partial charge in [0.05, 0.1) is 0 Å². The Morgan fingerprint density at radius 3 is 1.76 bits per heavy atom. The maximum absolute atomic E-state index is 6.39. The van der Waals surface area contributed by atoms with E-state index in [0.29, 0.717) is 6.10 Å². The van der Waals surface area contributed by atoms with E-state index in [9.17, 15) is 0 Å². The van der Waals surface area contributed by atoms with Crippen LogP contribution < -0.4 is 0 Å². The molecule has 0 spiro atoms. The summed E-state index contributed by atoms with van der Waals surface area (Å²) in [6, 6.07) is 0. The summed E-state index contributed by atoms with van der Waals surface area (Å²) in [5.41, 5.74) is 0. The van der Waals surface area contributed by atoms with Gasteiger partial charge in [0.1, 0.15) is 0 Å². The van der Waals surface area contributed by atoms with E-state index in [1.807, 2.05) is 0 Å². The standard InChI is InChI=1S/C15H27O.3C4H9.Sn/c1-3-4-8-13-11-14(13)15(16-2)12-9-6-5-7-10-12;3*1-3-4-2;/h12,14-15H,3-11H2,1-2H3;3*1,3-4H2,2H3;/t14-,15-;;;;/m1..../s1. The van der Waals surface area contributed by atoms with Gasteiger partial charge in [0, 0.05) is 0 Å². The van der Waals surface area contributed by atoms with Gasteiger partial charge in [-0.1, -0.05) is 0 Å². The first kappa shape index (κ1) is 26.0. The monoisotopic (exact) mass is 514 g/mol. The SMILES string of the molecule is CCCC[C@@]1([Sn]([CH2]CCC)([CH2]CCC)[CH2]CCC)C[C@H]1[C@H](OC)C1CCCCC1. The third-order valence-corrected chi connectivity index (χ3v) is 28.6. The van der Waals surface area contributed by atoms with Gasteiger partial charge in [-0.2, -0.15) is 0 Å². The minimum absolute atomic E-state index is 0.591. The first-order valence-corrected chi connectivity index (χ1v) is 21.2. The average molecular weight is 513 g/mol. The normalized spacial score (nSPS) is 26.6. The van der Waals surface area contributed by atoms with Crippen molar-refractivity contribution in [3.05, 3.63) is 0 Å².